The molecular weight excluding hydrogens is 679 g/mol. The third kappa shape index (κ3) is 10.2. The Morgan fingerprint density at radius 2 is 1.51 bits per heavy atom. The number of carbonyl (C=O) groups excluding carboxylic acids is 2. The summed E-state index contributed by atoms with van der Waals surface area (Å²) in [6.07, 6.45) is 16.5. The molecule has 1 unspecified atom stereocenters. The second kappa shape index (κ2) is 16.1. The van der Waals surface area contributed by atoms with Gasteiger partial charge >= 0.3 is 0 Å². The zero-order valence-electron chi connectivity index (χ0n) is 30.7. The molecule has 9 nitrogen and oxygen atoms in total. The number of anilines is 1. The van der Waals surface area contributed by atoms with Gasteiger partial charge in [0.25, 0.3) is 11.8 Å². The van der Waals surface area contributed by atoms with Crippen LogP contribution in [0.1, 0.15) is 112 Å². The number of aromatic nitrogens is 2. The summed E-state index contributed by atoms with van der Waals surface area (Å²) in [5.41, 5.74) is 2.56. The molecule has 3 aromatic rings. The molecule has 2 N–H and O–H groups in total. The number of rotatable bonds is 13. The number of piperidine rings is 1. The SMILES string of the molecule is CCCC1CCC(C2CCN(c3cnc(-c4ccc(CC(NC(=O)c5ccc(C(C)(C)C)s5)C(=O)NS(=O)(=O)CC5CC5)cc4)nc3)CC2)CC1. The van der Waals surface area contributed by atoms with Crippen LogP contribution in [-0.2, 0) is 26.7 Å². The molecule has 1 saturated heterocycles. The third-order valence-electron chi connectivity index (χ3n) is 11.0. The molecule has 11 heteroatoms. The van der Waals surface area contributed by atoms with Crippen molar-refractivity contribution in [3.05, 3.63) is 64.1 Å². The molecule has 51 heavy (non-hydrogen) atoms. The standard InChI is InChI=1S/C40H55N5O4S2/c1-5-6-27-9-13-30(14-10-27)31-19-21-45(22-20-31)33-24-41-37(42-25-33)32-15-11-28(12-16-32)23-34(38(46)44-51(48,49)26-29-7-8-29)43-39(47)35-17-18-36(50-35)40(2,3)4/h11-12,15-18,24-25,27,29-31,34H,5-10,13-14,19-23,26H2,1-4H3,(H,43,47)(H,44,46). The molecule has 2 aromatic heterocycles. The number of sulfonamides is 1. The lowest BCUT2D eigenvalue weighted by Gasteiger charge is -2.39. The van der Waals surface area contributed by atoms with Crippen molar-refractivity contribution < 1.29 is 18.0 Å². The van der Waals surface area contributed by atoms with Crippen molar-refractivity contribution in [1.82, 2.24) is 20.0 Å². The van der Waals surface area contributed by atoms with E-state index >= 15 is 0 Å². The summed E-state index contributed by atoms with van der Waals surface area (Å²) >= 11 is 1.38. The highest BCUT2D eigenvalue weighted by Crippen LogP contribution is 2.40. The molecule has 2 amide bonds. The van der Waals surface area contributed by atoms with E-state index in [-0.39, 0.29) is 23.5 Å². The average Bonchev–Trinajstić information content (AvgIpc) is 3.75. The molecule has 0 bridgehead atoms. The number of benzene rings is 1. The lowest BCUT2D eigenvalue weighted by Crippen LogP contribution is -2.50. The Balaban J connectivity index is 1.07. The van der Waals surface area contributed by atoms with E-state index in [1.807, 2.05) is 42.7 Å². The van der Waals surface area contributed by atoms with E-state index in [1.165, 1.54) is 62.7 Å². The largest absolute Gasteiger partial charge is 0.369 e. The molecule has 2 saturated carbocycles. The summed E-state index contributed by atoms with van der Waals surface area (Å²) in [5, 5.41) is 2.81. The van der Waals surface area contributed by atoms with Gasteiger partial charge in [-0.3, -0.25) is 14.3 Å². The quantitative estimate of drug-likeness (QED) is 0.186. The van der Waals surface area contributed by atoms with Crippen LogP contribution in [0.2, 0.25) is 0 Å². The normalized spacial score (nSPS) is 20.9. The van der Waals surface area contributed by atoms with E-state index in [0.717, 1.165) is 65.4 Å². The Morgan fingerprint density at radius 1 is 0.882 bits per heavy atom. The Morgan fingerprint density at radius 3 is 2.10 bits per heavy atom. The second-order valence-electron chi connectivity index (χ2n) is 16.2. The number of carbonyl (C=O) groups is 2. The van der Waals surface area contributed by atoms with Crippen LogP contribution in [0, 0.1) is 23.7 Å². The summed E-state index contributed by atoms with van der Waals surface area (Å²) in [4.78, 5) is 40.0. The van der Waals surface area contributed by atoms with Crippen LogP contribution < -0.4 is 14.9 Å². The molecule has 0 spiro atoms. The van der Waals surface area contributed by atoms with Crippen molar-refractivity contribution in [2.45, 2.75) is 110 Å². The molecule has 1 atom stereocenters. The maximum absolute atomic E-state index is 13.4. The zero-order chi connectivity index (χ0) is 36.2. The highest BCUT2D eigenvalue weighted by molar-refractivity contribution is 7.90. The van der Waals surface area contributed by atoms with E-state index < -0.39 is 27.9 Å². The molecule has 276 valence electrons. The molecule has 2 aliphatic carbocycles. The van der Waals surface area contributed by atoms with Gasteiger partial charge in [-0.2, -0.15) is 0 Å². The monoisotopic (exact) mass is 733 g/mol. The van der Waals surface area contributed by atoms with Gasteiger partial charge in [0, 0.05) is 30.0 Å². The minimum Gasteiger partial charge on any atom is -0.369 e. The van der Waals surface area contributed by atoms with Crippen molar-refractivity contribution >= 4 is 38.9 Å². The highest BCUT2D eigenvalue weighted by Gasteiger charge is 2.33. The molecule has 1 aromatic carbocycles. The maximum Gasteiger partial charge on any atom is 0.262 e. The van der Waals surface area contributed by atoms with Gasteiger partial charge in [-0.25, -0.2) is 18.4 Å². The molecule has 0 radical (unpaired) electrons. The minimum absolute atomic E-state index is 0.0783. The Bertz CT molecular complexity index is 1730. The van der Waals surface area contributed by atoms with E-state index in [0.29, 0.717) is 10.7 Å². The first kappa shape index (κ1) is 37.4. The summed E-state index contributed by atoms with van der Waals surface area (Å²) in [5.74, 6) is 2.18. The predicted molar refractivity (Wildman–Crippen MR) is 205 cm³/mol. The summed E-state index contributed by atoms with van der Waals surface area (Å²) in [7, 11) is -3.81. The highest BCUT2D eigenvalue weighted by atomic mass is 32.2. The molecular formula is C40H55N5O4S2. The first-order chi connectivity index (χ1) is 24.4. The second-order valence-corrected chi connectivity index (χ2v) is 19.0. The molecule has 3 heterocycles. The van der Waals surface area contributed by atoms with E-state index in [9.17, 15) is 18.0 Å². The van der Waals surface area contributed by atoms with Crippen molar-refractivity contribution in [2.75, 3.05) is 23.7 Å². The number of nitrogens with zero attached hydrogens (tertiary/aromatic N) is 3. The summed E-state index contributed by atoms with van der Waals surface area (Å²) in [6, 6.07) is 10.2. The molecule has 6 rings (SSSR count). The van der Waals surface area contributed by atoms with Gasteiger partial charge in [-0.15, -0.1) is 11.3 Å². The van der Waals surface area contributed by atoms with Crippen LogP contribution in [0.15, 0.2) is 48.8 Å². The first-order valence-electron chi connectivity index (χ1n) is 19.0. The fourth-order valence-corrected chi connectivity index (χ4v) is 10.3. The van der Waals surface area contributed by atoms with Gasteiger partial charge in [0.05, 0.1) is 28.7 Å². The van der Waals surface area contributed by atoms with E-state index in [1.54, 1.807) is 6.07 Å². The van der Waals surface area contributed by atoms with Gasteiger partial charge in [-0.05, 0) is 85.3 Å². The number of thiophene rings is 1. The molecule has 3 aliphatic rings. The maximum atomic E-state index is 13.4. The van der Waals surface area contributed by atoms with Crippen LogP contribution in [0.4, 0.5) is 5.69 Å². The van der Waals surface area contributed by atoms with Gasteiger partial charge in [-0.1, -0.05) is 77.6 Å². The van der Waals surface area contributed by atoms with Crippen LogP contribution in [0.5, 0.6) is 0 Å². The Kier molecular flexibility index (Phi) is 11.9. The van der Waals surface area contributed by atoms with Crippen LogP contribution in [0.25, 0.3) is 11.4 Å². The minimum atomic E-state index is -3.81. The number of hydrogen-bond acceptors (Lipinski definition) is 8. The van der Waals surface area contributed by atoms with Crippen molar-refractivity contribution in [2.24, 2.45) is 23.7 Å². The van der Waals surface area contributed by atoms with Gasteiger partial charge in [0.1, 0.15) is 6.04 Å². The Labute approximate surface area is 308 Å². The van der Waals surface area contributed by atoms with E-state index in [4.69, 9.17) is 9.97 Å². The number of nitrogens with one attached hydrogen (secondary N) is 2. The first-order valence-corrected chi connectivity index (χ1v) is 21.5. The fraction of sp³-hybridized carbons (Fsp3) is 0.600. The van der Waals surface area contributed by atoms with Crippen molar-refractivity contribution in [3.63, 3.8) is 0 Å². The van der Waals surface area contributed by atoms with E-state index in [2.05, 4.69) is 42.6 Å². The van der Waals surface area contributed by atoms with Gasteiger partial charge in [0.15, 0.2) is 5.82 Å². The van der Waals surface area contributed by atoms with Crippen LogP contribution >= 0.6 is 11.3 Å². The summed E-state index contributed by atoms with van der Waals surface area (Å²) < 4.78 is 27.6. The van der Waals surface area contributed by atoms with Crippen molar-refractivity contribution in [1.29, 1.82) is 0 Å². The smallest absolute Gasteiger partial charge is 0.262 e. The van der Waals surface area contributed by atoms with Gasteiger partial charge in [0.2, 0.25) is 10.0 Å². The topological polar surface area (TPSA) is 121 Å². The Hall–Kier alpha value is -3.31. The average molecular weight is 734 g/mol. The lowest BCUT2D eigenvalue weighted by atomic mass is 9.72. The fourth-order valence-electron chi connectivity index (χ4n) is 7.81. The predicted octanol–water partition coefficient (Wildman–Crippen LogP) is 7.52. The molecule has 1 aliphatic heterocycles. The third-order valence-corrected chi connectivity index (χ3v) is 14.0. The molecule has 3 fully saturated rings. The summed E-state index contributed by atoms with van der Waals surface area (Å²) in [6.45, 7) is 10.6. The number of hydrogen-bond donors (Lipinski definition) is 2. The van der Waals surface area contributed by atoms with Gasteiger partial charge < -0.3 is 10.2 Å². The van der Waals surface area contributed by atoms with Crippen LogP contribution in [0.3, 0.4) is 0 Å². The van der Waals surface area contributed by atoms with Crippen LogP contribution in [-0.4, -0.2) is 55.1 Å². The lowest BCUT2D eigenvalue weighted by molar-refractivity contribution is -0.121. The van der Waals surface area contributed by atoms with Crippen molar-refractivity contribution in [3.8, 4) is 11.4 Å². The zero-order valence-corrected chi connectivity index (χ0v) is 32.3. The number of amides is 2.